The molecule has 0 radical (unpaired) electrons. The SMILES string of the molecule is CCOc1ccc(-c2nc(C(=O)N(CCC#N)Cc3cccnc3)cs2)cc1. The zero-order chi connectivity index (χ0) is 19.8. The molecule has 142 valence electrons. The van der Waals surface area contributed by atoms with Crippen LogP contribution >= 0.6 is 11.3 Å². The lowest BCUT2D eigenvalue weighted by Gasteiger charge is -2.20. The maximum atomic E-state index is 13.0. The van der Waals surface area contributed by atoms with Crippen molar-refractivity contribution in [2.24, 2.45) is 0 Å². The lowest BCUT2D eigenvalue weighted by molar-refractivity contribution is 0.0741. The summed E-state index contributed by atoms with van der Waals surface area (Å²) in [4.78, 5) is 23.2. The van der Waals surface area contributed by atoms with Crippen molar-refractivity contribution in [2.75, 3.05) is 13.2 Å². The Bertz CT molecular complexity index is 949. The molecule has 0 saturated carbocycles. The molecule has 0 fully saturated rings. The Morgan fingerprint density at radius 1 is 1.29 bits per heavy atom. The average molecular weight is 392 g/mol. The second-order valence-electron chi connectivity index (χ2n) is 5.99. The molecule has 0 aliphatic rings. The highest BCUT2D eigenvalue weighted by Crippen LogP contribution is 2.26. The summed E-state index contributed by atoms with van der Waals surface area (Å²) in [5.74, 6) is 0.616. The summed E-state index contributed by atoms with van der Waals surface area (Å²) >= 11 is 1.42. The summed E-state index contributed by atoms with van der Waals surface area (Å²) in [5.41, 5.74) is 2.23. The van der Waals surface area contributed by atoms with Crippen LogP contribution in [0.3, 0.4) is 0 Å². The van der Waals surface area contributed by atoms with Gasteiger partial charge in [0.1, 0.15) is 16.5 Å². The van der Waals surface area contributed by atoms with Gasteiger partial charge in [-0.1, -0.05) is 6.07 Å². The molecule has 0 bridgehead atoms. The lowest BCUT2D eigenvalue weighted by Crippen LogP contribution is -2.31. The number of nitriles is 1. The second kappa shape index (κ2) is 9.62. The predicted octanol–water partition coefficient (Wildman–Crippen LogP) is 4.16. The molecule has 0 saturated heterocycles. The van der Waals surface area contributed by atoms with Crippen LogP contribution in [-0.4, -0.2) is 33.9 Å². The molecule has 1 amide bonds. The molecule has 1 aromatic carbocycles. The average Bonchev–Trinajstić information content (AvgIpc) is 3.22. The van der Waals surface area contributed by atoms with Gasteiger partial charge in [0.15, 0.2) is 0 Å². The first-order chi connectivity index (χ1) is 13.7. The van der Waals surface area contributed by atoms with E-state index in [-0.39, 0.29) is 12.3 Å². The van der Waals surface area contributed by atoms with Crippen molar-refractivity contribution in [1.29, 1.82) is 5.26 Å². The van der Waals surface area contributed by atoms with Gasteiger partial charge in [-0.25, -0.2) is 4.98 Å². The van der Waals surface area contributed by atoms with E-state index in [0.29, 0.717) is 25.4 Å². The minimum absolute atomic E-state index is 0.187. The van der Waals surface area contributed by atoms with Gasteiger partial charge in [0.25, 0.3) is 5.91 Å². The molecule has 3 aromatic rings. The molecule has 0 unspecified atom stereocenters. The zero-order valence-corrected chi connectivity index (χ0v) is 16.4. The number of thiazole rings is 1. The molecule has 0 aliphatic carbocycles. The summed E-state index contributed by atoms with van der Waals surface area (Å²) in [7, 11) is 0. The van der Waals surface area contributed by atoms with Gasteiger partial charge in [-0.05, 0) is 42.8 Å². The molecule has 0 atom stereocenters. The number of hydrogen-bond donors (Lipinski definition) is 0. The lowest BCUT2D eigenvalue weighted by atomic mass is 10.2. The van der Waals surface area contributed by atoms with Crippen LogP contribution in [-0.2, 0) is 6.54 Å². The summed E-state index contributed by atoms with van der Waals surface area (Å²) in [6.45, 7) is 3.30. The summed E-state index contributed by atoms with van der Waals surface area (Å²) in [6.07, 6.45) is 3.68. The number of pyridine rings is 1. The number of rotatable bonds is 8. The Kier molecular flexibility index (Phi) is 6.71. The Labute approximate surface area is 168 Å². The fraction of sp³-hybridized carbons (Fsp3) is 0.238. The van der Waals surface area contributed by atoms with Gasteiger partial charge in [0, 0.05) is 36.4 Å². The molecular formula is C21H20N4O2S. The van der Waals surface area contributed by atoms with Crippen LogP contribution in [0, 0.1) is 11.3 Å². The maximum absolute atomic E-state index is 13.0. The molecule has 0 spiro atoms. The van der Waals surface area contributed by atoms with Crippen LogP contribution in [0.15, 0.2) is 54.2 Å². The van der Waals surface area contributed by atoms with Crippen molar-refractivity contribution in [2.45, 2.75) is 19.9 Å². The van der Waals surface area contributed by atoms with E-state index in [1.165, 1.54) is 11.3 Å². The number of carbonyl (C=O) groups is 1. The van der Waals surface area contributed by atoms with Crippen molar-refractivity contribution in [1.82, 2.24) is 14.9 Å². The Morgan fingerprint density at radius 3 is 2.79 bits per heavy atom. The number of ether oxygens (including phenoxy) is 1. The summed E-state index contributed by atoms with van der Waals surface area (Å²) < 4.78 is 5.46. The van der Waals surface area contributed by atoms with E-state index in [4.69, 9.17) is 10.00 Å². The molecule has 7 heteroatoms. The minimum atomic E-state index is -0.187. The molecule has 3 rings (SSSR count). The van der Waals surface area contributed by atoms with E-state index in [2.05, 4.69) is 16.0 Å². The van der Waals surface area contributed by atoms with Crippen LogP contribution in [0.2, 0.25) is 0 Å². The second-order valence-corrected chi connectivity index (χ2v) is 6.85. The molecule has 0 aliphatic heterocycles. The predicted molar refractivity (Wildman–Crippen MR) is 108 cm³/mol. The maximum Gasteiger partial charge on any atom is 0.273 e. The summed E-state index contributed by atoms with van der Waals surface area (Å²) in [5, 5.41) is 11.5. The van der Waals surface area contributed by atoms with E-state index in [0.717, 1.165) is 21.9 Å². The van der Waals surface area contributed by atoms with Crippen molar-refractivity contribution in [3.05, 3.63) is 65.4 Å². The first-order valence-electron chi connectivity index (χ1n) is 8.95. The van der Waals surface area contributed by atoms with Gasteiger partial charge in [-0.15, -0.1) is 11.3 Å². The largest absolute Gasteiger partial charge is 0.494 e. The van der Waals surface area contributed by atoms with Crippen LogP contribution in [0.5, 0.6) is 5.75 Å². The summed E-state index contributed by atoms with van der Waals surface area (Å²) in [6, 6.07) is 13.5. The van der Waals surface area contributed by atoms with Gasteiger partial charge < -0.3 is 9.64 Å². The highest BCUT2D eigenvalue weighted by molar-refractivity contribution is 7.13. The molecule has 28 heavy (non-hydrogen) atoms. The van der Waals surface area contributed by atoms with E-state index >= 15 is 0 Å². The van der Waals surface area contributed by atoms with Gasteiger partial charge in [0.05, 0.1) is 19.1 Å². The molecule has 2 heterocycles. The van der Waals surface area contributed by atoms with Crippen LogP contribution < -0.4 is 4.74 Å². The van der Waals surface area contributed by atoms with Crippen molar-refractivity contribution < 1.29 is 9.53 Å². The Balaban J connectivity index is 1.77. The fourth-order valence-corrected chi connectivity index (χ4v) is 3.48. The highest BCUT2D eigenvalue weighted by Gasteiger charge is 2.19. The van der Waals surface area contributed by atoms with E-state index in [9.17, 15) is 4.79 Å². The third-order valence-corrected chi connectivity index (χ3v) is 4.90. The third-order valence-electron chi connectivity index (χ3n) is 4.01. The normalized spacial score (nSPS) is 10.3. The monoisotopic (exact) mass is 392 g/mol. The molecular weight excluding hydrogens is 372 g/mol. The van der Waals surface area contributed by atoms with Gasteiger partial charge in [0.2, 0.25) is 0 Å². The Morgan fingerprint density at radius 2 is 2.11 bits per heavy atom. The standard InChI is InChI=1S/C21H20N4O2S/c1-2-27-18-8-6-17(7-9-18)20-24-19(15-28-20)21(26)25(12-4-10-22)14-16-5-3-11-23-13-16/h3,5-9,11,13,15H,2,4,12,14H2,1H3. The topological polar surface area (TPSA) is 79.1 Å². The van der Waals surface area contributed by atoms with Crippen molar-refractivity contribution >= 4 is 17.2 Å². The van der Waals surface area contributed by atoms with Crippen molar-refractivity contribution in [3.63, 3.8) is 0 Å². The number of amides is 1. The number of aromatic nitrogens is 2. The third kappa shape index (κ3) is 4.93. The van der Waals surface area contributed by atoms with Gasteiger partial charge in [-0.3, -0.25) is 9.78 Å². The first kappa shape index (κ1) is 19.5. The quantitative estimate of drug-likeness (QED) is 0.575. The minimum Gasteiger partial charge on any atom is -0.494 e. The number of nitrogens with zero attached hydrogens (tertiary/aromatic N) is 4. The van der Waals surface area contributed by atoms with Gasteiger partial charge >= 0.3 is 0 Å². The highest BCUT2D eigenvalue weighted by atomic mass is 32.1. The van der Waals surface area contributed by atoms with E-state index in [1.54, 1.807) is 22.7 Å². The van der Waals surface area contributed by atoms with Crippen molar-refractivity contribution in [3.8, 4) is 22.4 Å². The van der Waals surface area contributed by atoms with Crippen LogP contribution in [0.1, 0.15) is 29.4 Å². The van der Waals surface area contributed by atoms with E-state index in [1.807, 2.05) is 43.3 Å². The van der Waals surface area contributed by atoms with E-state index < -0.39 is 0 Å². The first-order valence-corrected chi connectivity index (χ1v) is 9.83. The van der Waals surface area contributed by atoms with Crippen LogP contribution in [0.4, 0.5) is 0 Å². The number of benzene rings is 1. The molecule has 0 N–H and O–H groups in total. The Hall–Kier alpha value is -3.24. The van der Waals surface area contributed by atoms with Gasteiger partial charge in [-0.2, -0.15) is 5.26 Å². The molecule has 6 nitrogen and oxygen atoms in total. The smallest absolute Gasteiger partial charge is 0.273 e. The fourth-order valence-electron chi connectivity index (χ4n) is 2.68. The number of hydrogen-bond acceptors (Lipinski definition) is 6. The zero-order valence-electron chi connectivity index (χ0n) is 15.5. The molecule has 2 aromatic heterocycles. The van der Waals surface area contributed by atoms with Crippen LogP contribution in [0.25, 0.3) is 10.6 Å². The number of carbonyl (C=O) groups excluding carboxylic acids is 1.